The summed E-state index contributed by atoms with van der Waals surface area (Å²) in [7, 11) is 0. The van der Waals surface area contributed by atoms with Gasteiger partial charge in [-0.2, -0.15) is 4.89 Å². The van der Waals surface area contributed by atoms with E-state index in [-0.39, 0.29) is 19.0 Å². The number of esters is 1. The Labute approximate surface area is 253 Å². The molecule has 0 aliphatic rings. The molecular weight excluding hydrogens is 570 g/mol. The maximum Gasteiger partial charge on any atom is 0.351 e. The highest BCUT2D eigenvalue weighted by Gasteiger charge is 2.29. The normalized spacial score (nSPS) is 10.8. The fraction of sp³-hybridized carbons (Fsp3) is 0.212. The van der Waals surface area contributed by atoms with E-state index < -0.39 is 33.7 Å². The van der Waals surface area contributed by atoms with E-state index in [0.717, 1.165) is 45.5 Å². The van der Waals surface area contributed by atoms with E-state index in [9.17, 15) is 24.8 Å². The number of ether oxygens (including phenoxy) is 1. The van der Waals surface area contributed by atoms with E-state index in [1.807, 2.05) is 56.3 Å². The number of carbonyl (C=O) groups is 2. The summed E-state index contributed by atoms with van der Waals surface area (Å²) in [4.78, 5) is 50.6. The average Bonchev–Trinajstić information content (AvgIpc) is 3.00. The van der Waals surface area contributed by atoms with Crippen LogP contribution in [0, 0.1) is 24.0 Å². The maximum absolute atomic E-state index is 12.9. The number of aromatic carboxylic acids is 1. The summed E-state index contributed by atoms with van der Waals surface area (Å²) in [6.07, 6.45) is 1.25. The van der Waals surface area contributed by atoms with Crippen LogP contribution in [-0.2, 0) is 35.8 Å². The highest BCUT2D eigenvalue weighted by Crippen LogP contribution is 2.28. The summed E-state index contributed by atoms with van der Waals surface area (Å²) in [5.74, 6) is -1.86. The Morgan fingerprint density at radius 1 is 0.864 bits per heavy atom. The van der Waals surface area contributed by atoms with Crippen LogP contribution in [0.5, 0.6) is 11.5 Å². The first-order valence-electron chi connectivity index (χ1n) is 13.7. The first-order valence-corrected chi connectivity index (χ1v) is 13.7. The number of carboxylic acid groups (broad SMARTS) is 1. The molecule has 0 amide bonds. The van der Waals surface area contributed by atoms with Gasteiger partial charge < -0.3 is 14.7 Å². The minimum absolute atomic E-state index is 0.0410. The zero-order valence-electron chi connectivity index (χ0n) is 24.4. The van der Waals surface area contributed by atoms with Gasteiger partial charge in [0, 0.05) is 6.07 Å². The van der Waals surface area contributed by atoms with Gasteiger partial charge in [0.1, 0.15) is 19.0 Å². The van der Waals surface area contributed by atoms with Gasteiger partial charge in [-0.3, -0.25) is 15.4 Å². The van der Waals surface area contributed by atoms with Crippen molar-refractivity contribution in [3.05, 3.63) is 133 Å². The van der Waals surface area contributed by atoms with Crippen LogP contribution in [0.1, 0.15) is 66.6 Å². The fourth-order valence-corrected chi connectivity index (χ4v) is 4.83. The van der Waals surface area contributed by atoms with Crippen LogP contribution in [0.2, 0.25) is 0 Å². The topological polar surface area (TPSA) is 155 Å². The number of carbonyl (C=O) groups excluding carboxylic acids is 1. The Morgan fingerprint density at radius 3 is 2.23 bits per heavy atom. The summed E-state index contributed by atoms with van der Waals surface area (Å²) in [6, 6.07) is 20.0. The molecule has 228 valence electrons. The van der Waals surface area contributed by atoms with E-state index in [2.05, 4.69) is 4.89 Å². The lowest BCUT2D eigenvalue weighted by Gasteiger charge is -2.14. The molecule has 0 saturated heterocycles. The number of nitro groups is 1. The van der Waals surface area contributed by atoms with Gasteiger partial charge in [0.05, 0.1) is 10.5 Å². The Hall–Kier alpha value is -5.10. The summed E-state index contributed by atoms with van der Waals surface area (Å²) in [6.45, 7) is 5.88. The molecule has 0 unspecified atom stereocenters. The molecule has 4 aromatic carbocycles. The van der Waals surface area contributed by atoms with Gasteiger partial charge in [0.2, 0.25) is 0 Å². The van der Waals surface area contributed by atoms with Crippen molar-refractivity contribution in [2.45, 2.75) is 46.8 Å². The van der Waals surface area contributed by atoms with Crippen molar-refractivity contribution < 1.29 is 44.3 Å². The quantitative estimate of drug-likeness (QED) is 0.0551. The summed E-state index contributed by atoms with van der Waals surface area (Å²) in [5, 5.41) is 29.8. The molecule has 4 aromatic rings. The zero-order valence-corrected chi connectivity index (χ0v) is 24.4. The van der Waals surface area contributed by atoms with Gasteiger partial charge in [-0.05, 0) is 83.8 Å². The third-order valence-electron chi connectivity index (χ3n) is 7.11. The van der Waals surface area contributed by atoms with Crippen LogP contribution in [-0.4, -0.2) is 27.2 Å². The van der Waals surface area contributed by atoms with E-state index in [4.69, 9.17) is 19.8 Å². The summed E-state index contributed by atoms with van der Waals surface area (Å²) in [5.41, 5.74) is 4.32. The zero-order chi connectivity index (χ0) is 31.8. The molecule has 0 radical (unpaired) electrons. The van der Waals surface area contributed by atoms with E-state index >= 15 is 0 Å². The van der Waals surface area contributed by atoms with Crippen molar-refractivity contribution >= 4 is 17.6 Å². The fourth-order valence-electron chi connectivity index (χ4n) is 4.83. The lowest BCUT2D eigenvalue weighted by Crippen LogP contribution is -2.17. The number of hydrogen-bond acceptors (Lipinski definition) is 9. The molecule has 11 heteroatoms. The smallest absolute Gasteiger partial charge is 0.351 e. The number of aryl methyl sites for hydroxylation is 3. The van der Waals surface area contributed by atoms with Gasteiger partial charge in [-0.15, -0.1) is 0 Å². The molecule has 2 N–H and O–H groups in total. The lowest BCUT2D eigenvalue weighted by molar-refractivity contribution is -0.385. The van der Waals surface area contributed by atoms with E-state index in [0.29, 0.717) is 24.2 Å². The third-order valence-corrected chi connectivity index (χ3v) is 7.11. The van der Waals surface area contributed by atoms with Gasteiger partial charge in [-0.1, -0.05) is 55.5 Å². The average molecular weight is 602 g/mol. The minimum atomic E-state index is -1.48. The van der Waals surface area contributed by atoms with Crippen molar-refractivity contribution in [3.63, 3.8) is 0 Å². The molecule has 0 saturated carbocycles. The second kappa shape index (κ2) is 14.4. The SMILES string of the molecule is CCc1cc(Cc2ccc(OC(=O)c3c(C(=O)O)cccc3[N+](=O)[O-])c(C)c2)ccc1OOCc1c(C)cccc1COO. The van der Waals surface area contributed by atoms with Crippen molar-refractivity contribution in [1.82, 2.24) is 0 Å². The molecule has 4 rings (SSSR count). The van der Waals surface area contributed by atoms with Crippen LogP contribution < -0.4 is 9.62 Å². The van der Waals surface area contributed by atoms with Gasteiger partial charge in [-0.25, -0.2) is 14.5 Å². The maximum atomic E-state index is 12.9. The van der Waals surface area contributed by atoms with Crippen LogP contribution in [0.3, 0.4) is 0 Å². The highest BCUT2D eigenvalue weighted by atomic mass is 17.2. The monoisotopic (exact) mass is 601 g/mol. The highest BCUT2D eigenvalue weighted by molar-refractivity contribution is 6.06. The Kier molecular flexibility index (Phi) is 10.4. The molecule has 0 aromatic heterocycles. The molecule has 11 nitrogen and oxygen atoms in total. The molecule has 0 aliphatic heterocycles. The molecule has 44 heavy (non-hydrogen) atoms. The second-order valence-corrected chi connectivity index (χ2v) is 10.1. The molecule has 0 atom stereocenters. The summed E-state index contributed by atoms with van der Waals surface area (Å²) >= 11 is 0. The molecule has 0 heterocycles. The summed E-state index contributed by atoms with van der Waals surface area (Å²) < 4.78 is 5.41. The number of benzene rings is 4. The Balaban J connectivity index is 1.45. The third kappa shape index (κ3) is 7.45. The van der Waals surface area contributed by atoms with E-state index in [1.165, 1.54) is 6.07 Å². The standard InChI is InChI=1S/C33H31NO10/c1-4-24-17-23(12-14-30(24)44-42-19-27-20(2)7-5-8-25(27)18-41-40)16-22-11-13-29(21(3)15-22)43-33(37)31-26(32(35)36)9-6-10-28(31)34(38)39/h5-15,17,40H,4,16,18-19H2,1-3H3,(H,35,36). The first-order chi connectivity index (χ1) is 21.1. The van der Waals surface area contributed by atoms with Gasteiger partial charge in [0.15, 0.2) is 11.3 Å². The predicted octanol–water partition coefficient (Wildman–Crippen LogP) is 6.78. The van der Waals surface area contributed by atoms with Crippen LogP contribution in [0.25, 0.3) is 0 Å². The Bertz CT molecular complexity index is 1670. The molecule has 0 aliphatic carbocycles. The van der Waals surface area contributed by atoms with Crippen LogP contribution >= 0.6 is 0 Å². The molecule has 0 bridgehead atoms. The van der Waals surface area contributed by atoms with E-state index in [1.54, 1.807) is 19.1 Å². The molecular formula is C33H31NO10. The van der Waals surface area contributed by atoms with Crippen molar-refractivity contribution in [1.29, 1.82) is 0 Å². The number of nitro benzene ring substituents is 1. The lowest BCUT2D eigenvalue weighted by atomic mass is 10.00. The second-order valence-electron chi connectivity index (χ2n) is 10.1. The number of hydrogen-bond donors (Lipinski definition) is 2. The molecule has 0 spiro atoms. The largest absolute Gasteiger partial charge is 0.478 e. The van der Waals surface area contributed by atoms with Crippen molar-refractivity contribution in [2.24, 2.45) is 0 Å². The number of carboxylic acids is 1. The Morgan fingerprint density at radius 2 is 1.57 bits per heavy atom. The number of nitrogens with zero attached hydrogens (tertiary/aromatic N) is 1. The molecule has 0 fully saturated rings. The predicted molar refractivity (Wildman–Crippen MR) is 159 cm³/mol. The minimum Gasteiger partial charge on any atom is -0.478 e. The van der Waals surface area contributed by atoms with Crippen molar-refractivity contribution in [3.8, 4) is 11.5 Å². The van der Waals surface area contributed by atoms with Crippen LogP contribution in [0.4, 0.5) is 5.69 Å². The van der Waals surface area contributed by atoms with Gasteiger partial charge >= 0.3 is 11.9 Å². The first kappa shape index (κ1) is 31.8. The van der Waals surface area contributed by atoms with Gasteiger partial charge in [0.25, 0.3) is 5.69 Å². The van der Waals surface area contributed by atoms with Crippen LogP contribution in [0.15, 0.2) is 72.8 Å². The van der Waals surface area contributed by atoms with Crippen molar-refractivity contribution in [2.75, 3.05) is 0 Å². The number of rotatable bonds is 13.